The molecule has 2 rings (SSSR count). The lowest BCUT2D eigenvalue weighted by Gasteiger charge is -1.97. The molecule has 76 valence electrons. The van der Waals surface area contributed by atoms with E-state index < -0.39 is 5.97 Å². The van der Waals surface area contributed by atoms with Crippen LogP contribution in [0.15, 0.2) is 30.7 Å². The molecule has 0 saturated carbocycles. The minimum atomic E-state index is -1.03. The first-order valence-electron chi connectivity index (χ1n) is 4.35. The summed E-state index contributed by atoms with van der Waals surface area (Å²) in [5.74, 6) is -1.03. The second-order valence-corrected chi connectivity index (χ2v) is 3.14. The van der Waals surface area contributed by atoms with Crippen LogP contribution in [0.1, 0.15) is 10.5 Å². The van der Waals surface area contributed by atoms with Crippen LogP contribution < -0.4 is 0 Å². The Hall–Kier alpha value is -2.17. The van der Waals surface area contributed by atoms with E-state index in [1.165, 1.54) is 12.3 Å². The Morgan fingerprint density at radius 3 is 2.87 bits per heavy atom. The van der Waals surface area contributed by atoms with Crippen LogP contribution in [0, 0.1) is 0 Å². The number of hydrogen-bond acceptors (Lipinski definition) is 3. The summed E-state index contributed by atoms with van der Waals surface area (Å²) in [4.78, 5) is 14.5. The van der Waals surface area contributed by atoms with Gasteiger partial charge in [0.05, 0.1) is 6.20 Å². The molecule has 0 fully saturated rings. The highest BCUT2D eigenvalue weighted by molar-refractivity contribution is 5.86. The molecule has 1 N–H and O–H groups in total. The number of aromatic carboxylic acids is 1. The first-order chi connectivity index (χ1) is 7.16. The topological polar surface area (TPSA) is 68.0 Å². The van der Waals surface area contributed by atoms with Gasteiger partial charge in [0.25, 0.3) is 0 Å². The highest BCUT2D eigenvalue weighted by atomic mass is 16.4. The molecule has 0 bridgehead atoms. The van der Waals surface area contributed by atoms with Gasteiger partial charge in [-0.15, -0.1) is 0 Å². The van der Waals surface area contributed by atoms with Gasteiger partial charge in [-0.3, -0.25) is 4.68 Å². The number of pyridine rings is 1. The van der Waals surface area contributed by atoms with E-state index in [4.69, 9.17) is 5.11 Å². The van der Waals surface area contributed by atoms with E-state index in [1.54, 1.807) is 16.9 Å². The summed E-state index contributed by atoms with van der Waals surface area (Å²) < 4.78 is 1.66. The van der Waals surface area contributed by atoms with Gasteiger partial charge in [-0.05, 0) is 17.7 Å². The summed E-state index contributed by atoms with van der Waals surface area (Å²) in [6, 6.07) is 3.28. The van der Waals surface area contributed by atoms with Crippen LogP contribution >= 0.6 is 0 Å². The monoisotopic (exact) mass is 203 g/mol. The number of carbonyl (C=O) groups is 1. The van der Waals surface area contributed by atoms with Crippen molar-refractivity contribution in [2.75, 3.05) is 0 Å². The van der Waals surface area contributed by atoms with Gasteiger partial charge in [0.15, 0.2) is 0 Å². The lowest BCUT2D eigenvalue weighted by molar-refractivity contribution is 0.0690. The van der Waals surface area contributed by atoms with Gasteiger partial charge in [-0.25, -0.2) is 9.78 Å². The summed E-state index contributed by atoms with van der Waals surface area (Å²) in [6.07, 6.45) is 4.98. The van der Waals surface area contributed by atoms with Crippen molar-refractivity contribution in [1.82, 2.24) is 14.8 Å². The standard InChI is InChI=1S/C10H9N3O2/c1-13-6-8(5-12-13)7-2-3-11-9(4-7)10(14)15/h2-6H,1H3,(H,14,15). The predicted molar refractivity (Wildman–Crippen MR) is 53.4 cm³/mol. The number of rotatable bonds is 2. The molecule has 5 nitrogen and oxygen atoms in total. The van der Waals surface area contributed by atoms with E-state index in [0.29, 0.717) is 0 Å². The Bertz CT molecular complexity index is 505. The van der Waals surface area contributed by atoms with E-state index >= 15 is 0 Å². The van der Waals surface area contributed by atoms with Crippen LogP contribution in [0.3, 0.4) is 0 Å². The smallest absolute Gasteiger partial charge is 0.354 e. The molecular weight excluding hydrogens is 194 g/mol. The van der Waals surface area contributed by atoms with Crippen molar-refractivity contribution in [2.24, 2.45) is 7.05 Å². The third kappa shape index (κ3) is 1.85. The van der Waals surface area contributed by atoms with Crippen molar-refractivity contribution in [1.29, 1.82) is 0 Å². The first-order valence-corrected chi connectivity index (χ1v) is 4.35. The highest BCUT2D eigenvalue weighted by Gasteiger charge is 2.06. The molecule has 0 aliphatic heterocycles. The Labute approximate surface area is 86.0 Å². The summed E-state index contributed by atoms with van der Waals surface area (Å²) >= 11 is 0. The maximum atomic E-state index is 10.7. The lowest BCUT2D eigenvalue weighted by atomic mass is 10.1. The maximum absolute atomic E-state index is 10.7. The maximum Gasteiger partial charge on any atom is 0.354 e. The molecule has 0 spiro atoms. The van der Waals surface area contributed by atoms with E-state index in [9.17, 15) is 4.79 Å². The Balaban J connectivity index is 2.45. The Morgan fingerprint density at radius 2 is 2.27 bits per heavy atom. The quantitative estimate of drug-likeness (QED) is 0.795. The fraction of sp³-hybridized carbons (Fsp3) is 0.100. The molecule has 2 aromatic rings. The number of carboxylic acids is 1. The lowest BCUT2D eigenvalue weighted by Crippen LogP contribution is -1.99. The van der Waals surface area contributed by atoms with Crippen molar-refractivity contribution in [3.63, 3.8) is 0 Å². The molecule has 0 atom stereocenters. The molecule has 0 amide bonds. The van der Waals surface area contributed by atoms with E-state index in [-0.39, 0.29) is 5.69 Å². The largest absolute Gasteiger partial charge is 0.477 e. The minimum Gasteiger partial charge on any atom is -0.477 e. The Kier molecular flexibility index (Phi) is 2.21. The molecule has 15 heavy (non-hydrogen) atoms. The second kappa shape index (κ2) is 3.53. The molecule has 0 saturated heterocycles. The zero-order valence-electron chi connectivity index (χ0n) is 8.08. The molecule has 2 aromatic heterocycles. The molecule has 0 aliphatic carbocycles. The highest BCUT2D eigenvalue weighted by Crippen LogP contribution is 2.18. The van der Waals surface area contributed by atoms with Crippen LogP contribution in [0.25, 0.3) is 11.1 Å². The second-order valence-electron chi connectivity index (χ2n) is 3.14. The molecule has 0 aromatic carbocycles. The predicted octanol–water partition coefficient (Wildman–Crippen LogP) is 1.18. The fourth-order valence-corrected chi connectivity index (χ4v) is 1.30. The molecule has 0 unspecified atom stereocenters. The van der Waals surface area contributed by atoms with Gasteiger partial charge in [0.1, 0.15) is 5.69 Å². The van der Waals surface area contributed by atoms with Crippen molar-refractivity contribution < 1.29 is 9.90 Å². The van der Waals surface area contributed by atoms with Gasteiger partial charge in [-0.1, -0.05) is 0 Å². The third-order valence-corrected chi connectivity index (χ3v) is 2.02. The Morgan fingerprint density at radius 1 is 1.47 bits per heavy atom. The number of hydrogen-bond donors (Lipinski definition) is 1. The average Bonchev–Trinajstić information content (AvgIpc) is 2.65. The summed E-state index contributed by atoms with van der Waals surface area (Å²) in [5, 5.41) is 12.8. The number of nitrogens with zero attached hydrogens (tertiary/aromatic N) is 3. The molecule has 0 radical (unpaired) electrons. The van der Waals surface area contributed by atoms with Gasteiger partial charge >= 0.3 is 5.97 Å². The fourth-order valence-electron chi connectivity index (χ4n) is 1.30. The van der Waals surface area contributed by atoms with Crippen LogP contribution in [0.2, 0.25) is 0 Å². The zero-order valence-corrected chi connectivity index (χ0v) is 8.08. The van der Waals surface area contributed by atoms with Crippen LogP contribution in [-0.2, 0) is 7.05 Å². The number of carboxylic acid groups (broad SMARTS) is 1. The van der Waals surface area contributed by atoms with Crippen LogP contribution in [0.4, 0.5) is 0 Å². The molecule has 2 heterocycles. The van der Waals surface area contributed by atoms with Gasteiger partial charge in [0.2, 0.25) is 0 Å². The zero-order chi connectivity index (χ0) is 10.8. The number of aryl methyl sites for hydroxylation is 1. The van der Waals surface area contributed by atoms with E-state index in [1.807, 2.05) is 13.2 Å². The SMILES string of the molecule is Cn1cc(-c2ccnc(C(=O)O)c2)cn1. The van der Waals surface area contributed by atoms with E-state index in [0.717, 1.165) is 11.1 Å². The summed E-state index contributed by atoms with van der Waals surface area (Å²) in [5.41, 5.74) is 1.72. The average molecular weight is 203 g/mol. The summed E-state index contributed by atoms with van der Waals surface area (Å²) in [6.45, 7) is 0. The molecule has 5 heteroatoms. The number of aromatic nitrogens is 3. The van der Waals surface area contributed by atoms with Crippen molar-refractivity contribution >= 4 is 5.97 Å². The molecule has 0 aliphatic rings. The van der Waals surface area contributed by atoms with Crippen molar-refractivity contribution in [2.45, 2.75) is 0 Å². The van der Waals surface area contributed by atoms with E-state index in [2.05, 4.69) is 10.1 Å². The molecular formula is C10H9N3O2. The van der Waals surface area contributed by atoms with Gasteiger partial charge < -0.3 is 5.11 Å². The minimum absolute atomic E-state index is 0.0383. The first kappa shape index (κ1) is 9.39. The normalized spacial score (nSPS) is 10.2. The van der Waals surface area contributed by atoms with Crippen molar-refractivity contribution in [3.8, 4) is 11.1 Å². The van der Waals surface area contributed by atoms with Gasteiger partial charge in [-0.2, -0.15) is 5.10 Å². The van der Waals surface area contributed by atoms with Crippen molar-refractivity contribution in [3.05, 3.63) is 36.4 Å². The third-order valence-electron chi connectivity index (χ3n) is 2.02. The summed E-state index contributed by atoms with van der Waals surface area (Å²) in [7, 11) is 1.81. The van der Waals surface area contributed by atoms with Crippen LogP contribution in [0.5, 0.6) is 0 Å². The van der Waals surface area contributed by atoms with Gasteiger partial charge in [0, 0.05) is 25.0 Å². The van der Waals surface area contributed by atoms with Crippen LogP contribution in [-0.4, -0.2) is 25.8 Å².